The number of anilines is 2. The highest BCUT2D eigenvalue weighted by Gasteiger charge is 2.32. The maximum atomic E-state index is 13.5. The van der Waals surface area contributed by atoms with E-state index in [1.165, 1.54) is 0 Å². The first kappa shape index (κ1) is 11.1. The molecular weight excluding hydrogens is 212 g/mol. The van der Waals surface area contributed by atoms with Gasteiger partial charge in [0.05, 0.1) is 0 Å². The quantitative estimate of drug-likeness (QED) is 0.833. The van der Waals surface area contributed by atoms with E-state index in [2.05, 4.69) is 15.6 Å². The van der Waals surface area contributed by atoms with Crippen molar-refractivity contribution in [1.29, 1.82) is 0 Å². The van der Waals surface area contributed by atoms with Crippen LogP contribution >= 0.6 is 0 Å². The summed E-state index contributed by atoms with van der Waals surface area (Å²) in [5.74, 6) is -1.14. The molecule has 2 N–H and O–H groups in total. The Morgan fingerprint density at radius 2 is 1.88 bits per heavy atom. The molecule has 0 unspecified atom stereocenters. The zero-order valence-corrected chi connectivity index (χ0v) is 9.40. The van der Waals surface area contributed by atoms with Crippen LogP contribution in [0.15, 0.2) is 6.07 Å². The van der Waals surface area contributed by atoms with E-state index in [4.69, 9.17) is 0 Å². The van der Waals surface area contributed by atoms with E-state index >= 15 is 0 Å². The van der Waals surface area contributed by atoms with Crippen molar-refractivity contribution in [3.05, 3.63) is 17.7 Å². The summed E-state index contributed by atoms with van der Waals surface area (Å²) in [6, 6.07) is 0.850. The number of rotatable bonds is 3. The lowest BCUT2D eigenvalue weighted by Crippen LogP contribution is -2.42. The first-order valence-corrected chi connectivity index (χ1v) is 5.36. The normalized spacial score (nSPS) is 17.8. The highest BCUT2D eigenvalue weighted by molar-refractivity contribution is 5.48. The standard InChI is InChI=1S/C11H15F2N3/c1-11(4-3-5-11)16-10-8(13)6-7(12)9(14-2)15-10/h6H,3-5H2,1-2H3,(H2,14,15,16). The van der Waals surface area contributed by atoms with E-state index in [-0.39, 0.29) is 17.2 Å². The van der Waals surface area contributed by atoms with Crippen molar-refractivity contribution in [2.75, 3.05) is 17.7 Å². The third-order valence-corrected chi connectivity index (χ3v) is 3.04. The molecule has 0 atom stereocenters. The lowest BCUT2D eigenvalue weighted by atomic mass is 9.78. The molecule has 0 bridgehead atoms. The fraction of sp³-hybridized carbons (Fsp3) is 0.545. The molecule has 1 aromatic rings. The van der Waals surface area contributed by atoms with Gasteiger partial charge in [-0.15, -0.1) is 0 Å². The molecule has 1 saturated carbocycles. The number of halogens is 2. The van der Waals surface area contributed by atoms with Gasteiger partial charge in [0, 0.05) is 18.7 Å². The van der Waals surface area contributed by atoms with Crippen LogP contribution in [0.4, 0.5) is 20.4 Å². The minimum Gasteiger partial charge on any atom is -0.371 e. The third-order valence-electron chi connectivity index (χ3n) is 3.04. The maximum absolute atomic E-state index is 13.5. The summed E-state index contributed by atoms with van der Waals surface area (Å²) >= 11 is 0. The van der Waals surface area contributed by atoms with Gasteiger partial charge in [-0.1, -0.05) is 0 Å². The van der Waals surface area contributed by atoms with Gasteiger partial charge in [-0.2, -0.15) is 0 Å². The lowest BCUT2D eigenvalue weighted by molar-refractivity contribution is 0.304. The Bertz CT molecular complexity index is 402. The predicted molar refractivity (Wildman–Crippen MR) is 59.6 cm³/mol. The van der Waals surface area contributed by atoms with E-state index < -0.39 is 11.6 Å². The fourth-order valence-electron chi connectivity index (χ4n) is 1.85. The topological polar surface area (TPSA) is 37.0 Å². The summed E-state index contributed by atoms with van der Waals surface area (Å²) in [5, 5.41) is 5.62. The van der Waals surface area contributed by atoms with E-state index in [1.54, 1.807) is 7.05 Å². The molecule has 1 aromatic heterocycles. The average Bonchev–Trinajstić information content (AvgIpc) is 2.19. The first-order valence-electron chi connectivity index (χ1n) is 5.36. The molecule has 88 valence electrons. The Labute approximate surface area is 93.3 Å². The van der Waals surface area contributed by atoms with Gasteiger partial charge in [-0.25, -0.2) is 13.8 Å². The van der Waals surface area contributed by atoms with Gasteiger partial charge >= 0.3 is 0 Å². The molecule has 1 fully saturated rings. The minimum atomic E-state index is -0.677. The number of pyridine rings is 1. The summed E-state index contributed by atoms with van der Waals surface area (Å²) < 4.78 is 26.6. The monoisotopic (exact) mass is 227 g/mol. The predicted octanol–water partition coefficient (Wildman–Crippen LogP) is 2.76. The molecular formula is C11H15F2N3. The number of hydrogen-bond acceptors (Lipinski definition) is 3. The molecule has 0 spiro atoms. The van der Waals surface area contributed by atoms with E-state index in [0.29, 0.717) is 0 Å². The molecule has 0 amide bonds. The molecule has 5 heteroatoms. The molecule has 1 aliphatic rings. The number of aromatic nitrogens is 1. The van der Waals surface area contributed by atoms with Gasteiger partial charge in [-0.3, -0.25) is 0 Å². The highest BCUT2D eigenvalue weighted by Crippen LogP contribution is 2.35. The van der Waals surface area contributed by atoms with Crippen LogP contribution in [-0.4, -0.2) is 17.6 Å². The molecule has 2 rings (SSSR count). The summed E-state index contributed by atoms with van der Waals surface area (Å²) in [5.41, 5.74) is -0.101. The van der Waals surface area contributed by atoms with Crippen LogP contribution in [0.25, 0.3) is 0 Å². The van der Waals surface area contributed by atoms with Crippen molar-refractivity contribution in [3.63, 3.8) is 0 Å². The van der Waals surface area contributed by atoms with Crippen molar-refractivity contribution in [2.45, 2.75) is 31.7 Å². The van der Waals surface area contributed by atoms with Crippen molar-refractivity contribution < 1.29 is 8.78 Å². The van der Waals surface area contributed by atoms with Crippen molar-refractivity contribution in [2.24, 2.45) is 0 Å². The summed E-state index contributed by atoms with van der Waals surface area (Å²) in [4.78, 5) is 3.89. The first-order chi connectivity index (χ1) is 7.54. The zero-order valence-electron chi connectivity index (χ0n) is 9.40. The number of nitrogens with one attached hydrogen (secondary N) is 2. The van der Waals surface area contributed by atoms with Crippen molar-refractivity contribution in [3.8, 4) is 0 Å². The van der Waals surface area contributed by atoms with Gasteiger partial charge < -0.3 is 10.6 Å². The Hall–Kier alpha value is -1.39. The Morgan fingerprint density at radius 3 is 2.38 bits per heavy atom. The molecule has 0 aliphatic heterocycles. The van der Waals surface area contributed by atoms with Crippen molar-refractivity contribution >= 4 is 11.6 Å². The lowest BCUT2D eigenvalue weighted by Gasteiger charge is -2.39. The van der Waals surface area contributed by atoms with Gasteiger partial charge in [0.25, 0.3) is 0 Å². The van der Waals surface area contributed by atoms with Gasteiger partial charge in [0.15, 0.2) is 23.3 Å². The number of nitrogens with zero attached hydrogens (tertiary/aromatic N) is 1. The summed E-state index contributed by atoms with van der Waals surface area (Å²) in [6.07, 6.45) is 3.10. The Kier molecular flexibility index (Phi) is 2.69. The van der Waals surface area contributed by atoms with E-state index in [1.807, 2.05) is 6.92 Å². The second-order valence-corrected chi connectivity index (χ2v) is 4.44. The second-order valence-electron chi connectivity index (χ2n) is 4.44. The maximum Gasteiger partial charge on any atom is 0.168 e. The van der Waals surface area contributed by atoms with Crippen LogP contribution < -0.4 is 10.6 Å². The zero-order chi connectivity index (χ0) is 11.8. The van der Waals surface area contributed by atoms with E-state index in [0.717, 1.165) is 25.3 Å². The van der Waals surface area contributed by atoms with Crippen LogP contribution in [0.1, 0.15) is 26.2 Å². The minimum absolute atomic E-state index is 0.0619. The molecule has 3 nitrogen and oxygen atoms in total. The van der Waals surface area contributed by atoms with Gasteiger partial charge in [-0.05, 0) is 26.2 Å². The molecule has 0 aromatic carbocycles. The van der Waals surface area contributed by atoms with Gasteiger partial charge in [0.1, 0.15) is 0 Å². The average molecular weight is 227 g/mol. The van der Waals surface area contributed by atoms with Crippen molar-refractivity contribution in [1.82, 2.24) is 4.98 Å². The summed E-state index contributed by atoms with van der Waals surface area (Å²) in [7, 11) is 1.55. The van der Waals surface area contributed by atoms with Crippen LogP contribution in [-0.2, 0) is 0 Å². The molecule has 16 heavy (non-hydrogen) atoms. The van der Waals surface area contributed by atoms with Crippen LogP contribution in [0.3, 0.4) is 0 Å². The molecule has 1 aliphatic carbocycles. The largest absolute Gasteiger partial charge is 0.371 e. The Balaban J connectivity index is 2.26. The second kappa shape index (κ2) is 3.88. The molecule has 1 heterocycles. The van der Waals surface area contributed by atoms with Gasteiger partial charge in [0.2, 0.25) is 0 Å². The third kappa shape index (κ3) is 1.94. The molecule has 0 radical (unpaired) electrons. The van der Waals surface area contributed by atoms with Crippen LogP contribution in [0, 0.1) is 11.6 Å². The summed E-state index contributed by atoms with van der Waals surface area (Å²) in [6.45, 7) is 2.01. The Morgan fingerprint density at radius 1 is 1.25 bits per heavy atom. The molecule has 0 saturated heterocycles. The number of hydrogen-bond donors (Lipinski definition) is 2. The van der Waals surface area contributed by atoms with Crippen LogP contribution in [0.2, 0.25) is 0 Å². The highest BCUT2D eigenvalue weighted by atomic mass is 19.1. The van der Waals surface area contributed by atoms with E-state index in [9.17, 15) is 8.78 Å². The fourth-order valence-corrected chi connectivity index (χ4v) is 1.85. The van der Waals surface area contributed by atoms with Crippen LogP contribution in [0.5, 0.6) is 0 Å². The SMILES string of the molecule is CNc1nc(NC2(C)CCC2)c(F)cc1F. The smallest absolute Gasteiger partial charge is 0.168 e.